The van der Waals surface area contributed by atoms with Gasteiger partial charge >= 0.3 is 6.09 Å². The quantitative estimate of drug-likeness (QED) is 0.632. The van der Waals surface area contributed by atoms with Gasteiger partial charge in [-0.25, -0.2) is 9.78 Å². The van der Waals surface area contributed by atoms with Crippen LogP contribution in [0.25, 0.3) is 0 Å². The normalized spacial score (nSPS) is 12.7. The predicted molar refractivity (Wildman–Crippen MR) is 74.7 cm³/mol. The second kappa shape index (κ2) is 6.14. The van der Waals surface area contributed by atoms with Crippen LogP contribution in [0.5, 0.6) is 0 Å². The standard InChI is InChI=1S/C13H17BrN2O3/c1-13(2,3)19-12(18)16(4)10(8-17)9-6-5-7-15-11(9)14/h5-8,10H,1-4H3. The molecular formula is C13H17BrN2O3. The van der Waals surface area contributed by atoms with E-state index in [9.17, 15) is 9.59 Å². The molecule has 19 heavy (non-hydrogen) atoms. The van der Waals surface area contributed by atoms with Crippen LogP contribution < -0.4 is 0 Å². The molecule has 1 aromatic heterocycles. The lowest BCUT2D eigenvalue weighted by atomic mass is 10.1. The highest BCUT2D eigenvalue weighted by Crippen LogP contribution is 2.25. The van der Waals surface area contributed by atoms with Crippen molar-refractivity contribution in [2.24, 2.45) is 0 Å². The molecule has 0 saturated heterocycles. The lowest BCUT2D eigenvalue weighted by molar-refractivity contribution is -0.112. The fourth-order valence-electron chi connectivity index (χ4n) is 1.44. The third kappa shape index (κ3) is 4.31. The summed E-state index contributed by atoms with van der Waals surface area (Å²) in [6, 6.07) is 2.70. The van der Waals surface area contributed by atoms with E-state index in [0.29, 0.717) is 16.5 Å². The van der Waals surface area contributed by atoms with E-state index in [2.05, 4.69) is 20.9 Å². The van der Waals surface area contributed by atoms with Gasteiger partial charge in [0, 0.05) is 18.8 Å². The average Bonchev–Trinajstić information content (AvgIpc) is 2.30. The Balaban J connectivity index is 2.95. The minimum atomic E-state index is -0.738. The number of ether oxygens (including phenoxy) is 1. The van der Waals surface area contributed by atoms with Crippen LogP contribution in [0, 0.1) is 0 Å². The summed E-state index contributed by atoms with van der Waals surface area (Å²) in [5.41, 5.74) is 0.0103. The van der Waals surface area contributed by atoms with Crippen LogP contribution in [0.4, 0.5) is 4.79 Å². The van der Waals surface area contributed by atoms with E-state index in [-0.39, 0.29) is 0 Å². The minimum Gasteiger partial charge on any atom is -0.444 e. The van der Waals surface area contributed by atoms with Crippen molar-refractivity contribution in [2.45, 2.75) is 32.4 Å². The first-order valence-electron chi connectivity index (χ1n) is 5.78. The van der Waals surface area contributed by atoms with Gasteiger partial charge in [-0.1, -0.05) is 6.07 Å². The zero-order valence-electron chi connectivity index (χ0n) is 11.4. The van der Waals surface area contributed by atoms with Gasteiger partial charge < -0.3 is 9.53 Å². The Kier molecular flexibility index (Phi) is 5.05. The highest BCUT2D eigenvalue weighted by atomic mass is 79.9. The first kappa shape index (κ1) is 15.6. The molecule has 104 valence electrons. The second-order valence-corrected chi connectivity index (χ2v) is 5.81. The van der Waals surface area contributed by atoms with Gasteiger partial charge in [0.15, 0.2) is 0 Å². The van der Waals surface area contributed by atoms with Gasteiger partial charge in [0.05, 0.1) is 0 Å². The molecule has 0 N–H and O–H groups in total. The molecule has 0 radical (unpaired) electrons. The van der Waals surface area contributed by atoms with Crippen LogP contribution in [0.2, 0.25) is 0 Å². The van der Waals surface area contributed by atoms with Crippen LogP contribution in [-0.4, -0.2) is 34.9 Å². The average molecular weight is 329 g/mol. The molecule has 0 spiro atoms. The lowest BCUT2D eigenvalue weighted by Gasteiger charge is -2.28. The molecule has 6 heteroatoms. The van der Waals surface area contributed by atoms with Crippen molar-refractivity contribution in [1.29, 1.82) is 0 Å². The third-order valence-electron chi connectivity index (χ3n) is 2.33. The smallest absolute Gasteiger partial charge is 0.410 e. The Bertz CT molecular complexity index is 471. The van der Waals surface area contributed by atoms with Crippen molar-refractivity contribution in [2.75, 3.05) is 7.05 Å². The summed E-state index contributed by atoms with van der Waals surface area (Å²) < 4.78 is 5.77. The van der Waals surface area contributed by atoms with Crippen LogP contribution in [-0.2, 0) is 9.53 Å². The number of hydrogen-bond donors (Lipinski definition) is 0. The number of aromatic nitrogens is 1. The molecule has 5 nitrogen and oxygen atoms in total. The van der Waals surface area contributed by atoms with Gasteiger partial charge in [0.2, 0.25) is 0 Å². The summed E-state index contributed by atoms with van der Waals surface area (Å²) in [5, 5.41) is 0. The van der Waals surface area contributed by atoms with Gasteiger partial charge in [-0.3, -0.25) is 4.90 Å². The number of likely N-dealkylation sites (N-methyl/N-ethyl adjacent to an activating group) is 1. The van der Waals surface area contributed by atoms with Gasteiger partial charge in [0.25, 0.3) is 0 Å². The Hall–Kier alpha value is -1.43. The second-order valence-electron chi connectivity index (χ2n) is 5.06. The topological polar surface area (TPSA) is 59.5 Å². The van der Waals surface area contributed by atoms with Crippen molar-refractivity contribution in [3.8, 4) is 0 Å². The number of carbonyl (C=O) groups is 2. The maximum absolute atomic E-state index is 12.0. The molecule has 0 saturated carbocycles. The molecule has 1 aromatic rings. The van der Waals surface area contributed by atoms with Gasteiger partial charge in [-0.2, -0.15) is 0 Å². The Labute approximate surface area is 121 Å². The maximum Gasteiger partial charge on any atom is 0.410 e. The SMILES string of the molecule is CN(C(=O)OC(C)(C)C)C(C=O)c1cccnc1Br. The minimum absolute atomic E-state index is 0.530. The summed E-state index contributed by atoms with van der Waals surface area (Å²) in [5.74, 6) is 0. The largest absolute Gasteiger partial charge is 0.444 e. The number of pyridine rings is 1. The molecule has 0 fully saturated rings. The lowest BCUT2D eigenvalue weighted by Crippen LogP contribution is -2.37. The van der Waals surface area contributed by atoms with E-state index in [1.807, 2.05) is 0 Å². The number of carbonyl (C=O) groups excluding carboxylic acids is 2. The summed E-state index contributed by atoms with van der Waals surface area (Å²) in [6.07, 6.45) is 1.73. The zero-order chi connectivity index (χ0) is 14.6. The fraction of sp³-hybridized carbons (Fsp3) is 0.462. The number of hydrogen-bond acceptors (Lipinski definition) is 4. The van der Waals surface area contributed by atoms with Crippen LogP contribution in [0.15, 0.2) is 22.9 Å². The van der Waals surface area contributed by atoms with E-state index in [4.69, 9.17) is 4.74 Å². The highest BCUT2D eigenvalue weighted by Gasteiger charge is 2.27. The number of amides is 1. The molecule has 1 amide bonds. The Morgan fingerprint density at radius 3 is 2.63 bits per heavy atom. The number of nitrogens with zero attached hydrogens (tertiary/aromatic N) is 2. The molecule has 1 atom stereocenters. The summed E-state index contributed by atoms with van der Waals surface area (Å²) in [6.45, 7) is 5.32. The molecule has 0 aliphatic carbocycles. The van der Waals surface area contributed by atoms with Crippen LogP contribution >= 0.6 is 15.9 Å². The molecule has 0 aliphatic rings. The highest BCUT2D eigenvalue weighted by molar-refractivity contribution is 9.10. The fourth-order valence-corrected chi connectivity index (χ4v) is 1.92. The summed E-state index contributed by atoms with van der Waals surface area (Å²) >= 11 is 3.27. The van der Waals surface area contributed by atoms with E-state index >= 15 is 0 Å². The molecule has 1 heterocycles. The van der Waals surface area contributed by atoms with Crippen molar-refractivity contribution >= 4 is 28.3 Å². The van der Waals surface area contributed by atoms with Gasteiger partial charge in [-0.05, 0) is 42.8 Å². The predicted octanol–water partition coefficient (Wildman–Crippen LogP) is 2.95. The summed E-state index contributed by atoms with van der Waals surface area (Å²) in [7, 11) is 1.52. The number of aldehydes is 1. The van der Waals surface area contributed by atoms with Gasteiger partial charge in [0.1, 0.15) is 22.5 Å². The summed E-state index contributed by atoms with van der Waals surface area (Å²) in [4.78, 5) is 28.5. The van der Waals surface area contributed by atoms with Crippen molar-refractivity contribution in [3.63, 3.8) is 0 Å². The molecule has 1 rings (SSSR count). The number of halogens is 1. The molecule has 0 aromatic carbocycles. The molecule has 1 unspecified atom stereocenters. The van der Waals surface area contributed by atoms with E-state index in [1.165, 1.54) is 11.9 Å². The van der Waals surface area contributed by atoms with Gasteiger partial charge in [-0.15, -0.1) is 0 Å². The Morgan fingerprint density at radius 1 is 1.53 bits per heavy atom. The van der Waals surface area contributed by atoms with E-state index in [1.54, 1.807) is 39.1 Å². The zero-order valence-corrected chi connectivity index (χ0v) is 13.0. The monoisotopic (exact) mass is 328 g/mol. The third-order valence-corrected chi connectivity index (χ3v) is 3.00. The van der Waals surface area contributed by atoms with Crippen LogP contribution in [0.3, 0.4) is 0 Å². The first-order valence-corrected chi connectivity index (χ1v) is 6.57. The number of rotatable bonds is 3. The van der Waals surface area contributed by atoms with E-state index < -0.39 is 17.7 Å². The Morgan fingerprint density at radius 2 is 2.16 bits per heavy atom. The van der Waals surface area contributed by atoms with Crippen molar-refractivity contribution in [1.82, 2.24) is 9.88 Å². The first-order chi connectivity index (χ1) is 8.76. The van der Waals surface area contributed by atoms with E-state index in [0.717, 1.165) is 0 Å². The molecular weight excluding hydrogens is 312 g/mol. The molecule has 0 bridgehead atoms. The van der Waals surface area contributed by atoms with Crippen molar-refractivity contribution in [3.05, 3.63) is 28.5 Å². The van der Waals surface area contributed by atoms with Crippen LogP contribution in [0.1, 0.15) is 32.4 Å². The maximum atomic E-state index is 12.0. The molecule has 0 aliphatic heterocycles. The van der Waals surface area contributed by atoms with Crippen molar-refractivity contribution < 1.29 is 14.3 Å².